The fraction of sp³-hybridized carbons (Fsp3) is 0.217. The number of benzene rings is 1. The molecule has 0 spiro atoms. The van der Waals surface area contributed by atoms with Gasteiger partial charge in [0, 0.05) is 10.3 Å². The van der Waals surface area contributed by atoms with Gasteiger partial charge in [-0.05, 0) is 23.6 Å². The van der Waals surface area contributed by atoms with Crippen molar-refractivity contribution < 1.29 is 23.1 Å². The van der Waals surface area contributed by atoms with Gasteiger partial charge in [-0.15, -0.1) is 11.3 Å². The van der Waals surface area contributed by atoms with Crippen LogP contribution in [-0.4, -0.2) is 11.9 Å². The third kappa shape index (κ3) is 4.76. The molecule has 33 heavy (non-hydrogen) atoms. The van der Waals surface area contributed by atoms with Crippen molar-refractivity contribution in [2.45, 2.75) is 26.7 Å². The van der Waals surface area contributed by atoms with Crippen molar-refractivity contribution in [1.29, 1.82) is 10.5 Å². The van der Waals surface area contributed by atoms with E-state index in [1.807, 2.05) is 11.4 Å². The number of hydrogen-bond acceptors (Lipinski definition) is 6. The molecule has 0 saturated carbocycles. The number of carbonyl (C=O) groups excluding carboxylic acids is 2. The maximum Gasteiger partial charge on any atom is 0.328 e. The number of halogens is 2. The van der Waals surface area contributed by atoms with Crippen LogP contribution in [-0.2, 0) is 4.74 Å². The molecular formula is C23H18F2N4O3S. The highest BCUT2D eigenvalue weighted by Gasteiger charge is 2.39. The Bertz CT molecular complexity index is 1240. The van der Waals surface area contributed by atoms with E-state index < -0.39 is 40.5 Å². The summed E-state index contributed by atoms with van der Waals surface area (Å²) in [6.45, 7) is 5.39. The fourth-order valence-corrected chi connectivity index (χ4v) is 4.10. The molecule has 0 unspecified atom stereocenters. The number of hydrogen-bond donors (Lipinski definition) is 2. The minimum atomic E-state index is -1.31. The molecule has 10 heteroatoms. The Balaban J connectivity index is 1.97. The number of ether oxygens (including phenoxy) is 1. The number of urea groups is 1. The van der Waals surface area contributed by atoms with Gasteiger partial charge in [-0.3, -0.25) is 15.4 Å². The average molecular weight is 468 g/mol. The quantitative estimate of drug-likeness (QED) is 0.669. The van der Waals surface area contributed by atoms with Gasteiger partial charge in [0.2, 0.25) is 5.88 Å². The lowest BCUT2D eigenvalue weighted by atomic mass is 9.81. The number of nitrogens with zero attached hydrogens (tertiary/aromatic N) is 2. The van der Waals surface area contributed by atoms with Crippen molar-refractivity contribution in [2.24, 2.45) is 5.41 Å². The van der Waals surface area contributed by atoms with Crippen LogP contribution in [0.5, 0.6) is 0 Å². The molecule has 1 aromatic carbocycles. The summed E-state index contributed by atoms with van der Waals surface area (Å²) >= 11 is 1.32. The molecule has 3 amide bonds. The van der Waals surface area contributed by atoms with Crippen molar-refractivity contribution in [3.8, 4) is 12.1 Å². The summed E-state index contributed by atoms with van der Waals surface area (Å²) in [7, 11) is 0. The van der Waals surface area contributed by atoms with Gasteiger partial charge in [0.05, 0.1) is 17.6 Å². The minimum absolute atomic E-state index is 0.0540. The first-order valence-electron chi connectivity index (χ1n) is 9.65. The van der Waals surface area contributed by atoms with Gasteiger partial charge in [-0.25, -0.2) is 13.6 Å². The number of imide groups is 1. The lowest BCUT2D eigenvalue weighted by Gasteiger charge is -2.32. The standard InChI is InChI=1S/C23H18F2N4O3S/c1-23(2,3)19-12(10-26)17(16-8-5-9-33-16)13(11-27)21(32-19)29-22(31)28-20(30)18-14(24)6-4-7-15(18)25/h4-9,17H,1-3H3,(H2,28,29,30,31)/t17-/m1/s1. The van der Waals surface area contributed by atoms with Gasteiger partial charge in [0.15, 0.2) is 0 Å². The lowest BCUT2D eigenvalue weighted by molar-refractivity contribution is 0.0954. The van der Waals surface area contributed by atoms with Gasteiger partial charge in [-0.1, -0.05) is 32.9 Å². The second-order valence-electron chi connectivity index (χ2n) is 8.01. The average Bonchev–Trinajstić information content (AvgIpc) is 3.26. The number of nitriles is 2. The molecular weight excluding hydrogens is 450 g/mol. The maximum atomic E-state index is 13.9. The maximum absolute atomic E-state index is 13.9. The monoisotopic (exact) mass is 468 g/mol. The smallest absolute Gasteiger partial charge is 0.328 e. The first kappa shape index (κ1) is 23.6. The molecule has 0 radical (unpaired) electrons. The van der Waals surface area contributed by atoms with E-state index in [0.29, 0.717) is 4.88 Å². The molecule has 0 aliphatic carbocycles. The fourth-order valence-electron chi connectivity index (χ4n) is 3.25. The largest absolute Gasteiger partial charge is 0.443 e. The van der Waals surface area contributed by atoms with Gasteiger partial charge >= 0.3 is 6.03 Å². The summed E-state index contributed by atoms with van der Waals surface area (Å²) in [6.07, 6.45) is 0. The molecule has 0 bridgehead atoms. The Labute approximate surface area is 192 Å². The topological polar surface area (TPSA) is 115 Å². The Kier molecular flexibility index (Phi) is 6.61. The normalized spacial score (nSPS) is 15.9. The van der Waals surface area contributed by atoms with Crippen LogP contribution in [0.15, 0.2) is 58.5 Å². The van der Waals surface area contributed by atoms with Crippen LogP contribution in [0.25, 0.3) is 0 Å². The predicted octanol–water partition coefficient (Wildman–Crippen LogP) is 4.84. The van der Waals surface area contributed by atoms with Crippen molar-refractivity contribution in [3.05, 3.63) is 80.6 Å². The molecule has 1 aromatic heterocycles. The summed E-state index contributed by atoms with van der Waals surface area (Å²) in [6, 6.07) is 9.27. The summed E-state index contributed by atoms with van der Waals surface area (Å²) in [5.41, 5.74) is -1.43. The van der Waals surface area contributed by atoms with E-state index in [1.54, 1.807) is 38.3 Å². The molecule has 0 fully saturated rings. The molecule has 2 N–H and O–H groups in total. The van der Waals surface area contributed by atoms with Crippen LogP contribution in [0.3, 0.4) is 0 Å². The van der Waals surface area contributed by atoms with Gasteiger partial charge < -0.3 is 4.74 Å². The highest BCUT2D eigenvalue weighted by molar-refractivity contribution is 7.10. The number of amides is 3. The second kappa shape index (κ2) is 9.23. The van der Waals surface area contributed by atoms with Gasteiger partial charge in [0.1, 0.15) is 34.6 Å². The number of thiophene rings is 1. The van der Waals surface area contributed by atoms with Crippen LogP contribution in [0.1, 0.15) is 41.9 Å². The SMILES string of the molecule is CC(C)(C)C1=C(C#N)[C@@H](c2cccs2)C(C#N)=C(NC(=O)NC(=O)c2c(F)cccc2F)O1. The Morgan fingerprint density at radius 1 is 1.06 bits per heavy atom. The van der Waals surface area contributed by atoms with E-state index in [1.165, 1.54) is 11.3 Å². The predicted molar refractivity (Wildman–Crippen MR) is 115 cm³/mol. The van der Waals surface area contributed by atoms with E-state index in [2.05, 4.69) is 11.4 Å². The summed E-state index contributed by atoms with van der Waals surface area (Å²) in [4.78, 5) is 25.4. The Hall–Kier alpha value is -4.02. The van der Waals surface area contributed by atoms with Gasteiger partial charge in [0.25, 0.3) is 5.91 Å². The molecule has 7 nitrogen and oxygen atoms in total. The molecule has 1 atom stereocenters. The molecule has 2 aromatic rings. The van der Waals surface area contributed by atoms with Crippen LogP contribution < -0.4 is 10.6 Å². The van der Waals surface area contributed by atoms with Crippen LogP contribution in [0.4, 0.5) is 13.6 Å². The van der Waals surface area contributed by atoms with E-state index in [-0.39, 0.29) is 22.8 Å². The summed E-state index contributed by atoms with van der Waals surface area (Å²) in [5.74, 6) is -4.42. The highest BCUT2D eigenvalue weighted by atomic mass is 32.1. The molecule has 0 saturated heterocycles. The summed E-state index contributed by atoms with van der Waals surface area (Å²) in [5, 5.41) is 25.6. The first-order valence-corrected chi connectivity index (χ1v) is 10.5. The van der Waals surface area contributed by atoms with Crippen molar-refractivity contribution in [3.63, 3.8) is 0 Å². The lowest BCUT2D eigenvalue weighted by Crippen LogP contribution is -2.41. The van der Waals surface area contributed by atoms with Gasteiger partial charge in [-0.2, -0.15) is 10.5 Å². The second-order valence-corrected chi connectivity index (χ2v) is 8.99. The summed E-state index contributed by atoms with van der Waals surface area (Å²) < 4.78 is 33.5. The van der Waals surface area contributed by atoms with Crippen LogP contribution in [0, 0.1) is 39.7 Å². The van der Waals surface area contributed by atoms with E-state index >= 15 is 0 Å². The third-order valence-electron chi connectivity index (χ3n) is 4.66. The highest BCUT2D eigenvalue weighted by Crippen LogP contribution is 2.45. The zero-order valence-electron chi connectivity index (χ0n) is 17.8. The number of allylic oxidation sites excluding steroid dienone is 3. The Morgan fingerprint density at radius 2 is 1.70 bits per heavy atom. The van der Waals surface area contributed by atoms with Crippen molar-refractivity contribution in [1.82, 2.24) is 10.6 Å². The molecule has 3 rings (SSSR count). The molecule has 1 aliphatic heterocycles. The van der Waals surface area contributed by atoms with Crippen molar-refractivity contribution in [2.75, 3.05) is 0 Å². The van der Waals surface area contributed by atoms with Crippen LogP contribution >= 0.6 is 11.3 Å². The van der Waals surface area contributed by atoms with Crippen LogP contribution in [0.2, 0.25) is 0 Å². The van der Waals surface area contributed by atoms with E-state index in [9.17, 15) is 28.9 Å². The third-order valence-corrected chi connectivity index (χ3v) is 5.60. The molecule has 2 heterocycles. The molecule has 1 aliphatic rings. The number of rotatable bonds is 3. The number of carbonyl (C=O) groups is 2. The first-order chi connectivity index (χ1) is 15.6. The minimum Gasteiger partial charge on any atom is -0.443 e. The van der Waals surface area contributed by atoms with E-state index in [0.717, 1.165) is 18.2 Å². The molecule has 168 valence electrons. The Morgan fingerprint density at radius 3 is 2.21 bits per heavy atom. The van der Waals surface area contributed by atoms with Crippen molar-refractivity contribution >= 4 is 23.3 Å². The number of nitrogens with one attached hydrogen (secondary N) is 2. The zero-order valence-corrected chi connectivity index (χ0v) is 18.6. The zero-order chi connectivity index (χ0) is 24.3. The van der Waals surface area contributed by atoms with E-state index in [4.69, 9.17) is 4.74 Å².